The second kappa shape index (κ2) is 8.55. The smallest absolute Gasteiger partial charge is 0.475 e. The number of aliphatic carboxylic acids is 2. The van der Waals surface area contributed by atoms with E-state index in [1.807, 2.05) is 0 Å². The molecule has 0 aromatic heterocycles. The van der Waals surface area contributed by atoms with E-state index in [0.717, 1.165) is 0 Å². The lowest BCUT2D eigenvalue weighted by Gasteiger charge is -1.93. The van der Waals surface area contributed by atoms with Crippen molar-refractivity contribution in [1.82, 2.24) is 0 Å². The van der Waals surface area contributed by atoms with Crippen LogP contribution in [0.25, 0.3) is 0 Å². The molecule has 0 spiro atoms. The zero-order valence-electron chi connectivity index (χ0n) is 9.00. The van der Waals surface area contributed by atoms with E-state index in [-0.39, 0.29) is 6.10 Å². The van der Waals surface area contributed by atoms with Gasteiger partial charge in [0.1, 0.15) is 0 Å². The van der Waals surface area contributed by atoms with Crippen LogP contribution in [0.15, 0.2) is 0 Å². The topological polar surface area (TPSA) is 94.8 Å². The highest BCUT2D eigenvalue weighted by atomic mass is 19.4. The quantitative estimate of drug-likeness (QED) is 0.589. The van der Waals surface area contributed by atoms with E-state index in [1.54, 1.807) is 13.8 Å². The normalized spacial score (nSPS) is 10.8. The number of alkyl halides is 6. The second-order valence-electron chi connectivity index (χ2n) is 2.70. The molecule has 0 aliphatic carbocycles. The molecule has 3 N–H and O–H groups in total. The molecule has 0 rings (SSSR count). The van der Waals surface area contributed by atoms with Crippen LogP contribution in [0.5, 0.6) is 0 Å². The van der Waals surface area contributed by atoms with Gasteiger partial charge in [-0.3, -0.25) is 0 Å². The molecule has 0 fully saturated rings. The Morgan fingerprint density at radius 1 is 0.833 bits per heavy atom. The van der Waals surface area contributed by atoms with Crippen molar-refractivity contribution in [2.75, 3.05) is 0 Å². The summed E-state index contributed by atoms with van der Waals surface area (Å²) in [5.74, 6) is -5.51. The third kappa shape index (κ3) is 24.0. The van der Waals surface area contributed by atoms with Crippen LogP contribution >= 0.6 is 0 Å². The molecule has 0 aliphatic rings. The van der Waals surface area contributed by atoms with Gasteiger partial charge in [-0.05, 0) is 13.8 Å². The molecule has 0 radical (unpaired) electrons. The van der Waals surface area contributed by atoms with E-state index in [2.05, 4.69) is 0 Å². The fourth-order valence-electron chi connectivity index (χ4n) is 0. The lowest BCUT2D eigenvalue weighted by atomic mass is 10.5. The number of carbonyl (C=O) groups is 2. The first-order chi connectivity index (χ1) is 7.62. The summed E-state index contributed by atoms with van der Waals surface area (Å²) in [5, 5.41) is 22.3. The fraction of sp³-hybridized carbons (Fsp3) is 0.714. The van der Waals surface area contributed by atoms with Crippen LogP contribution in [0.2, 0.25) is 0 Å². The van der Waals surface area contributed by atoms with Gasteiger partial charge >= 0.3 is 24.3 Å². The summed E-state index contributed by atoms with van der Waals surface area (Å²) in [5.41, 5.74) is 0. The molecule has 0 amide bonds. The van der Waals surface area contributed by atoms with Crippen molar-refractivity contribution in [3.8, 4) is 0 Å². The average Bonchev–Trinajstić information content (AvgIpc) is 1.99. The molecule has 0 saturated carbocycles. The summed E-state index contributed by atoms with van der Waals surface area (Å²) in [6.07, 6.45) is -10.3. The number of halogens is 6. The van der Waals surface area contributed by atoms with Crippen molar-refractivity contribution in [3.63, 3.8) is 0 Å². The molecule has 0 atom stereocenters. The molecular formula is C7H10F6O5. The van der Waals surface area contributed by atoms with E-state index in [4.69, 9.17) is 24.9 Å². The van der Waals surface area contributed by atoms with Gasteiger partial charge in [0.25, 0.3) is 0 Å². The first-order valence-electron chi connectivity index (χ1n) is 3.90. The second-order valence-corrected chi connectivity index (χ2v) is 2.70. The zero-order chi connectivity index (χ0) is 15.7. The maximum Gasteiger partial charge on any atom is 0.490 e. The van der Waals surface area contributed by atoms with Crippen molar-refractivity contribution < 1.29 is 51.3 Å². The van der Waals surface area contributed by atoms with Crippen LogP contribution in [0.3, 0.4) is 0 Å². The Morgan fingerprint density at radius 2 is 0.889 bits per heavy atom. The van der Waals surface area contributed by atoms with E-state index in [1.165, 1.54) is 0 Å². The Morgan fingerprint density at radius 3 is 0.889 bits per heavy atom. The molecule has 5 nitrogen and oxygen atoms in total. The van der Waals surface area contributed by atoms with Gasteiger partial charge in [-0.25, -0.2) is 9.59 Å². The minimum absolute atomic E-state index is 0.167. The van der Waals surface area contributed by atoms with Gasteiger partial charge in [0.05, 0.1) is 0 Å². The zero-order valence-corrected chi connectivity index (χ0v) is 9.00. The highest BCUT2D eigenvalue weighted by molar-refractivity contribution is 5.73. The van der Waals surface area contributed by atoms with Gasteiger partial charge in [0.15, 0.2) is 0 Å². The molecule has 0 unspecified atom stereocenters. The Kier molecular flexibility index (Phi) is 10.3. The van der Waals surface area contributed by atoms with Crippen LogP contribution in [0, 0.1) is 0 Å². The number of aliphatic hydroxyl groups excluding tert-OH is 1. The van der Waals surface area contributed by atoms with Crippen molar-refractivity contribution in [2.45, 2.75) is 32.3 Å². The third-order valence-electron chi connectivity index (χ3n) is 0.485. The third-order valence-corrected chi connectivity index (χ3v) is 0.485. The summed E-state index contributed by atoms with van der Waals surface area (Å²) in [6.45, 7) is 3.44. The summed E-state index contributed by atoms with van der Waals surface area (Å²) >= 11 is 0. The molecule has 0 aliphatic heterocycles. The number of carboxylic acid groups (broad SMARTS) is 2. The average molecular weight is 288 g/mol. The number of hydrogen-bond donors (Lipinski definition) is 3. The SMILES string of the molecule is CC(C)O.O=C(O)C(F)(F)F.O=C(O)C(F)(F)F. The van der Waals surface area contributed by atoms with E-state index in [0.29, 0.717) is 0 Å². The Bertz CT molecular complexity index is 229. The number of aliphatic hydroxyl groups is 1. The number of carboxylic acids is 2. The van der Waals surface area contributed by atoms with Crippen LogP contribution in [-0.2, 0) is 9.59 Å². The van der Waals surface area contributed by atoms with Crippen molar-refractivity contribution in [2.24, 2.45) is 0 Å². The van der Waals surface area contributed by atoms with Crippen molar-refractivity contribution in [1.29, 1.82) is 0 Å². The van der Waals surface area contributed by atoms with Crippen LogP contribution in [0.4, 0.5) is 26.3 Å². The molecule has 18 heavy (non-hydrogen) atoms. The van der Waals surface area contributed by atoms with Gasteiger partial charge in [0.2, 0.25) is 0 Å². The summed E-state index contributed by atoms with van der Waals surface area (Å²) in [4.78, 5) is 17.8. The monoisotopic (exact) mass is 288 g/mol. The van der Waals surface area contributed by atoms with Crippen molar-refractivity contribution in [3.05, 3.63) is 0 Å². The number of rotatable bonds is 0. The minimum Gasteiger partial charge on any atom is -0.475 e. The van der Waals surface area contributed by atoms with Gasteiger partial charge in [-0.1, -0.05) is 0 Å². The lowest BCUT2D eigenvalue weighted by molar-refractivity contribution is -0.193. The standard InChI is InChI=1S/C3H8O.2C2HF3O2/c1-3(2)4;2*3-2(4,5)1(6)7/h3-4H,1-2H3;2*(H,6,7). The van der Waals surface area contributed by atoms with E-state index in [9.17, 15) is 26.3 Å². The number of hydrogen-bond acceptors (Lipinski definition) is 3. The fourth-order valence-corrected chi connectivity index (χ4v) is 0. The van der Waals surface area contributed by atoms with E-state index < -0.39 is 24.3 Å². The Balaban J connectivity index is -0.000000196. The van der Waals surface area contributed by atoms with E-state index >= 15 is 0 Å². The van der Waals surface area contributed by atoms with Crippen LogP contribution in [-0.4, -0.2) is 45.7 Å². The van der Waals surface area contributed by atoms with Gasteiger partial charge in [-0.2, -0.15) is 26.3 Å². The highest BCUT2D eigenvalue weighted by Crippen LogP contribution is 2.13. The largest absolute Gasteiger partial charge is 0.490 e. The maximum atomic E-state index is 10.6. The molecule has 0 aromatic rings. The van der Waals surface area contributed by atoms with Crippen LogP contribution < -0.4 is 0 Å². The Labute approximate surface area is 96.6 Å². The predicted molar refractivity (Wildman–Crippen MR) is 44.7 cm³/mol. The minimum atomic E-state index is -5.08. The van der Waals surface area contributed by atoms with Gasteiger partial charge in [0, 0.05) is 6.10 Å². The first-order valence-corrected chi connectivity index (χ1v) is 3.90. The van der Waals surface area contributed by atoms with Crippen LogP contribution in [0.1, 0.15) is 13.8 Å². The summed E-state index contributed by atoms with van der Waals surface area (Å²) in [7, 11) is 0. The molecule has 0 heterocycles. The predicted octanol–water partition coefficient (Wildman–Crippen LogP) is 1.65. The molecule has 11 heteroatoms. The Hall–Kier alpha value is -1.52. The van der Waals surface area contributed by atoms with Crippen molar-refractivity contribution >= 4 is 11.9 Å². The first kappa shape index (κ1) is 21.7. The molecule has 0 saturated heterocycles. The summed E-state index contributed by atoms with van der Waals surface area (Å²) in [6, 6.07) is 0. The molecule has 0 aromatic carbocycles. The molecule has 110 valence electrons. The maximum absolute atomic E-state index is 10.6. The highest BCUT2D eigenvalue weighted by Gasteiger charge is 2.38. The van der Waals surface area contributed by atoms with Gasteiger partial charge < -0.3 is 15.3 Å². The lowest BCUT2D eigenvalue weighted by Crippen LogP contribution is -2.21. The molecular weight excluding hydrogens is 278 g/mol. The molecule has 0 bridgehead atoms. The summed E-state index contributed by atoms with van der Waals surface area (Å²) < 4.78 is 63.5. The van der Waals surface area contributed by atoms with Gasteiger partial charge in [-0.15, -0.1) is 0 Å².